The zero-order chi connectivity index (χ0) is 16.7. The van der Waals surface area contributed by atoms with Gasteiger partial charge in [-0.05, 0) is 47.2 Å². The van der Waals surface area contributed by atoms with E-state index in [-0.39, 0.29) is 0 Å². The number of aromatic carboxylic acids is 1. The molecule has 23 heavy (non-hydrogen) atoms. The Kier molecular flexibility index (Phi) is 6.16. The van der Waals surface area contributed by atoms with Crippen LogP contribution in [0, 0.1) is 0 Å². The fraction of sp³-hybridized carbons (Fsp3) is 0.286. The Bertz CT molecular complexity index is 681. The van der Waals surface area contributed by atoms with E-state index >= 15 is 0 Å². The minimum atomic E-state index is -0.887. The molecule has 2 rings (SSSR count). The van der Waals surface area contributed by atoms with Crippen LogP contribution in [0.3, 0.4) is 0 Å². The molecule has 0 saturated carbocycles. The van der Waals surface area contributed by atoms with Gasteiger partial charge in [-0.2, -0.15) is 0 Å². The van der Waals surface area contributed by atoms with Gasteiger partial charge in [-0.15, -0.1) is 0 Å². The molecule has 1 N–H and O–H groups in total. The molecule has 2 nitrogen and oxygen atoms in total. The van der Waals surface area contributed by atoms with Crippen LogP contribution in [0.4, 0.5) is 0 Å². The average Bonchev–Trinajstić information content (AvgIpc) is 2.56. The molecule has 0 atom stereocenters. The molecule has 0 aliphatic heterocycles. The van der Waals surface area contributed by atoms with E-state index in [0.29, 0.717) is 5.56 Å². The number of aryl methyl sites for hydroxylation is 1. The largest absolute Gasteiger partial charge is 0.478 e. The van der Waals surface area contributed by atoms with Gasteiger partial charge >= 0.3 is 5.97 Å². The van der Waals surface area contributed by atoms with Crippen LogP contribution in [0.1, 0.15) is 54.6 Å². The molecule has 0 aromatic heterocycles. The molecule has 2 aromatic rings. The first kappa shape index (κ1) is 17.0. The zero-order valence-corrected chi connectivity index (χ0v) is 13.9. The van der Waals surface area contributed by atoms with Crippen LogP contribution in [0.25, 0.3) is 17.2 Å². The maximum atomic E-state index is 11.5. The Morgan fingerprint density at radius 1 is 1.04 bits per heavy atom. The van der Waals surface area contributed by atoms with E-state index in [1.807, 2.05) is 24.3 Å². The van der Waals surface area contributed by atoms with Crippen LogP contribution in [0.5, 0.6) is 0 Å². The molecule has 2 heteroatoms. The van der Waals surface area contributed by atoms with E-state index in [9.17, 15) is 9.90 Å². The molecule has 0 aliphatic carbocycles. The van der Waals surface area contributed by atoms with Gasteiger partial charge in [0.25, 0.3) is 0 Å². The van der Waals surface area contributed by atoms with Gasteiger partial charge in [-0.25, -0.2) is 4.79 Å². The third-order valence-corrected chi connectivity index (χ3v) is 3.84. The number of rotatable bonds is 7. The Hall–Kier alpha value is -2.35. The van der Waals surface area contributed by atoms with Crippen molar-refractivity contribution in [3.05, 3.63) is 65.2 Å². The van der Waals surface area contributed by atoms with E-state index in [4.69, 9.17) is 0 Å². The number of hydrogen-bond donors (Lipinski definition) is 1. The molecular weight excluding hydrogens is 284 g/mol. The number of benzene rings is 2. The lowest BCUT2D eigenvalue weighted by Crippen LogP contribution is -2.00. The van der Waals surface area contributed by atoms with Crippen LogP contribution in [0.2, 0.25) is 0 Å². The summed E-state index contributed by atoms with van der Waals surface area (Å²) in [6, 6.07) is 13.7. The first-order valence-electron chi connectivity index (χ1n) is 8.29. The summed E-state index contributed by atoms with van der Waals surface area (Å²) in [5.74, 6) is -0.887. The van der Waals surface area contributed by atoms with E-state index in [1.54, 1.807) is 6.07 Å². The van der Waals surface area contributed by atoms with Crippen molar-refractivity contribution < 1.29 is 9.90 Å². The molecule has 120 valence electrons. The molecule has 0 fully saturated rings. The number of carboxylic acids is 1. The maximum Gasteiger partial charge on any atom is 0.336 e. The molecule has 0 spiro atoms. The summed E-state index contributed by atoms with van der Waals surface area (Å²) in [5.41, 5.74) is 4.40. The second-order valence-electron chi connectivity index (χ2n) is 5.75. The van der Waals surface area contributed by atoms with Crippen molar-refractivity contribution in [1.29, 1.82) is 0 Å². The molecular formula is C21H24O2. The zero-order valence-electron chi connectivity index (χ0n) is 13.9. The summed E-state index contributed by atoms with van der Waals surface area (Å²) in [6.07, 6.45) is 8.48. The highest BCUT2D eigenvalue weighted by atomic mass is 16.4. The summed E-state index contributed by atoms with van der Waals surface area (Å²) in [4.78, 5) is 11.5. The summed E-state index contributed by atoms with van der Waals surface area (Å²) in [7, 11) is 0. The summed E-state index contributed by atoms with van der Waals surface area (Å²) in [5, 5.41) is 9.45. The molecule has 0 amide bonds. The third kappa shape index (κ3) is 4.56. The van der Waals surface area contributed by atoms with Crippen molar-refractivity contribution in [3.8, 4) is 11.1 Å². The van der Waals surface area contributed by atoms with Gasteiger partial charge in [0.05, 0.1) is 5.56 Å². The number of unbranched alkanes of at least 4 members (excludes halogenated alkanes) is 1. The predicted molar refractivity (Wildman–Crippen MR) is 96.8 cm³/mol. The van der Waals surface area contributed by atoms with Crippen LogP contribution in [-0.4, -0.2) is 11.1 Å². The van der Waals surface area contributed by atoms with Gasteiger partial charge < -0.3 is 5.11 Å². The van der Waals surface area contributed by atoms with Crippen LogP contribution in [-0.2, 0) is 6.42 Å². The number of hydrogen-bond acceptors (Lipinski definition) is 1. The Balaban J connectivity index is 2.40. The third-order valence-electron chi connectivity index (χ3n) is 3.84. The van der Waals surface area contributed by atoms with Gasteiger partial charge in [-0.3, -0.25) is 0 Å². The number of carbonyl (C=O) groups is 1. The van der Waals surface area contributed by atoms with Crippen molar-refractivity contribution in [2.45, 2.75) is 39.5 Å². The van der Waals surface area contributed by atoms with Crippen molar-refractivity contribution in [2.75, 3.05) is 0 Å². The SMILES string of the molecule is CCC/C=C/c1ccc(C(=O)O)c(-c2ccc(CCC)cc2)c1. The van der Waals surface area contributed by atoms with E-state index < -0.39 is 5.97 Å². The van der Waals surface area contributed by atoms with E-state index in [2.05, 4.69) is 38.1 Å². The molecule has 0 unspecified atom stereocenters. The van der Waals surface area contributed by atoms with Gasteiger partial charge in [0.2, 0.25) is 0 Å². The highest BCUT2D eigenvalue weighted by Gasteiger charge is 2.12. The summed E-state index contributed by atoms with van der Waals surface area (Å²) < 4.78 is 0. The quantitative estimate of drug-likeness (QED) is 0.700. The van der Waals surface area contributed by atoms with Crippen LogP contribution >= 0.6 is 0 Å². The molecule has 0 saturated heterocycles. The first-order valence-corrected chi connectivity index (χ1v) is 8.29. The maximum absolute atomic E-state index is 11.5. The van der Waals surface area contributed by atoms with Crippen LogP contribution < -0.4 is 0 Å². The Morgan fingerprint density at radius 2 is 1.78 bits per heavy atom. The van der Waals surface area contributed by atoms with Crippen molar-refractivity contribution in [3.63, 3.8) is 0 Å². The van der Waals surface area contributed by atoms with Crippen molar-refractivity contribution >= 4 is 12.0 Å². The van der Waals surface area contributed by atoms with Crippen molar-refractivity contribution in [1.82, 2.24) is 0 Å². The summed E-state index contributed by atoms with van der Waals surface area (Å²) in [6.45, 7) is 4.30. The van der Waals surface area contributed by atoms with Gasteiger partial charge in [0.1, 0.15) is 0 Å². The monoisotopic (exact) mass is 308 g/mol. The van der Waals surface area contributed by atoms with Gasteiger partial charge in [0, 0.05) is 0 Å². The average molecular weight is 308 g/mol. The lowest BCUT2D eigenvalue weighted by Gasteiger charge is -2.09. The topological polar surface area (TPSA) is 37.3 Å². The standard InChI is InChI=1S/C21H24O2/c1-3-5-6-8-17-11-14-19(21(22)23)20(15-17)18-12-9-16(7-4-2)10-13-18/h6,8-15H,3-5,7H2,1-2H3,(H,22,23)/b8-6+. The number of carboxylic acid groups (broad SMARTS) is 1. The smallest absolute Gasteiger partial charge is 0.336 e. The minimum Gasteiger partial charge on any atom is -0.478 e. The Labute approximate surface area is 138 Å². The summed E-state index contributed by atoms with van der Waals surface area (Å²) >= 11 is 0. The predicted octanol–water partition coefficient (Wildman–Crippen LogP) is 5.82. The highest BCUT2D eigenvalue weighted by molar-refractivity contribution is 5.96. The lowest BCUT2D eigenvalue weighted by molar-refractivity contribution is 0.0697. The van der Waals surface area contributed by atoms with Gasteiger partial charge in [-0.1, -0.05) is 69.2 Å². The van der Waals surface area contributed by atoms with Crippen molar-refractivity contribution in [2.24, 2.45) is 0 Å². The molecule has 0 bridgehead atoms. The molecule has 0 aliphatic rings. The molecule has 2 aromatic carbocycles. The van der Waals surface area contributed by atoms with Gasteiger partial charge in [0.15, 0.2) is 0 Å². The first-order chi connectivity index (χ1) is 11.2. The Morgan fingerprint density at radius 3 is 2.39 bits per heavy atom. The second-order valence-corrected chi connectivity index (χ2v) is 5.75. The minimum absolute atomic E-state index is 0.348. The molecule has 0 heterocycles. The van der Waals surface area contributed by atoms with Crippen LogP contribution in [0.15, 0.2) is 48.5 Å². The normalized spacial score (nSPS) is 11.0. The lowest BCUT2D eigenvalue weighted by atomic mass is 9.95. The van der Waals surface area contributed by atoms with E-state index in [1.165, 1.54) is 5.56 Å². The fourth-order valence-corrected chi connectivity index (χ4v) is 2.62. The second kappa shape index (κ2) is 8.33. The fourth-order valence-electron chi connectivity index (χ4n) is 2.62. The number of allylic oxidation sites excluding steroid dienone is 1. The molecule has 0 radical (unpaired) electrons. The highest BCUT2D eigenvalue weighted by Crippen LogP contribution is 2.26. The van der Waals surface area contributed by atoms with E-state index in [0.717, 1.165) is 42.4 Å².